The van der Waals surface area contributed by atoms with Crippen LogP contribution in [0.2, 0.25) is 0 Å². The molecule has 0 fully saturated rings. The number of rotatable bonds is 4. The minimum absolute atomic E-state index is 0.0153. The van der Waals surface area contributed by atoms with Gasteiger partial charge in [0.1, 0.15) is 5.82 Å². The summed E-state index contributed by atoms with van der Waals surface area (Å²) in [4.78, 5) is 16.6. The Hall–Kier alpha value is -3.73. The Bertz CT molecular complexity index is 1100. The van der Waals surface area contributed by atoms with Gasteiger partial charge in [0.15, 0.2) is 0 Å². The molecule has 0 radical (unpaired) electrons. The van der Waals surface area contributed by atoms with Crippen molar-refractivity contribution in [2.24, 2.45) is 0 Å². The van der Waals surface area contributed by atoms with E-state index in [4.69, 9.17) is 0 Å². The molecule has 0 unspecified atom stereocenters. The zero-order valence-electron chi connectivity index (χ0n) is 14.3. The van der Waals surface area contributed by atoms with Gasteiger partial charge in [0.25, 0.3) is 5.91 Å². The number of aromatic nitrogens is 1. The second-order valence-corrected chi connectivity index (χ2v) is 6.02. The van der Waals surface area contributed by atoms with Gasteiger partial charge in [0, 0.05) is 23.0 Å². The molecule has 2 N–H and O–H groups in total. The summed E-state index contributed by atoms with van der Waals surface area (Å²) in [7, 11) is 0. The number of hydrogen-bond acceptors (Lipinski definition) is 3. The second-order valence-electron chi connectivity index (χ2n) is 6.02. The molecule has 0 aliphatic heterocycles. The third-order valence-corrected chi connectivity index (χ3v) is 4.17. The fourth-order valence-electron chi connectivity index (χ4n) is 2.84. The fraction of sp³-hybridized carbons (Fsp3) is 0. The van der Waals surface area contributed by atoms with Crippen LogP contribution in [0.25, 0.3) is 10.9 Å². The van der Waals surface area contributed by atoms with Crippen LogP contribution in [-0.4, -0.2) is 10.9 Å². The highest BCUT2D eigenvalue weighted by atomic mass is 19.1. The van der Waals surface area contributed by atoms with Crippen molar-refractivity contribution >= 4 is 33.9 Å². The molecular weight excluding hydrogens is 341 g/mol. The first-order chi connectivity index (χ1) is 13.2. The average Bonchev–Trinajstić information content (AvgIpc) is 2.70. The van der Waals surface area contributed by atoms with E-state index in [1.54, 1.807) is 30.5 Å². The normalized spacial score (nSPS) is 10.6. The van der Waals surface area contributed by atoms with Gasteiger partial charge in [-0.25, -0.2) is 4.39 Å². The molecule has 3 aromatic carbocycles. The molecule has 27 heavy (non-hydrogen) atoms. The predicted molar refractivity (Wildman–Crippen MR) is 106 cm³/mol. The molecular formula is C22H16FN3O. The maximum absolute atomic E-state index is 13.7. The van der Waals surface area contributed by atoms with E-state index in [0.29, 0.717) is 5.69 Å². The van der Waals surface area contributed by atoms with E-state index in [0.717, 1.165) is 22.3 Å². The molecule has 0 aliphatic rings. The van der Waals surface area contributed by atoms with E-state index >= 15 is 0 Å². The second kappa shape index (κ2) is 7.25. The van der Waals surface area contributed by atoms with E-state index in [2.05, 4.69) is 15.6 Å². The topological polar surface area (TPSA) is 54.0 Å². The van der Waals surface area contributed by atoms with Gasteiger partial charge in [-0.05, 0) is 48.5 Å². The van der Waals surface area contributed by atoms with E-state index in [1.165, 1.54) is 12.1 Å². The first kappa shape index (κ1) is 16.7. The number of pyridine rings is 1. The minimum Gasteiger partial charge on any atom is -0.354 e. The number of nitrogens with zero attached hydrogens (tertiary/aromatic N) is 1. The maximum Gasteiger partial charge on any atom is 0.258 e. The van der Waals surface area contributed by atoms with Crippen LogP contribution in [0.3, 0.4) is 0 Å². The fourth-order valence-corrected chi connectivity index (χ4v) is 2.84. The van der Waals surface area contributed by atoms with Crippen LogP contribution in [0.15, 0.2) is 85.1 Å². The van der Waals surface area contributed by atoms with Crippen LogP contribution < -0.4 is 10.6 Å². The quantitative estimate of drug-likeness (QED) is 0.516. The molecule has 1 amide bonds. The number of carbonyl (C=O) groups excluding carboxylic acids is 1. The first-order valence-corrected chi connectivity index (χ1v) is 8.47. The molecule has 0 spiro atoms. The van der Waals surface area contributed by atoms with Gasteiger partial charge in [-0.15, -0.1) is 0 Å². The number of halogens is 1. The van der Waals surface area contributed by atoms with Gasteiger partial charge in [0.2, 0.25) is 0 Å². The molecule has 0 atom stereocenters. The number of para-hydroxylation sites is 1. The molecule has 0 aliphatic carbocycles. The van der Waals surface area contributed by atoms with Crippen LogP contribution in [0.4, 0.5) is 21.5 Å². The minimum atomic E-state index is -0.545. The molecule has 0 bridgehead atoms. The molecule has 0 saturated carbocycles. The van der Waals surface area contributed by atoms with Gasteiger partial charge < -0.3 is 10.6 Å². The summed E-state index contributed by atoms with van der Waals surface area (Å²) >= 11 is 0. The number of hydrogen-bond donors (Lipinski definition) is 2. The molecule has 4 rings (SSSR count). The third kappa shape index (κ3) is 3.62. The summed E-state index contributed by atoms with van der Waals surface area (Å²) in [5, 5.41) is 7.09. The Kier molecular flexibility index (Phi) is 4.49. The van der Waals surface area contributed by atoms with Gasteiger partial charge in [0.05, 0.1) is 16.8 Å². The van der Waals surface area contributed by atoms with Crippen LogP contribution >= 0.6 is 0 Å². The molecule has 4 nitrogen and oxygen atoms in total. The summed E-state index contributed by atoms with van der Waals surface area (Å²) in [6, 6.07) is 23.0. The van der Waals surface area contributed by atoms with E-state index in [9.17, 15) is 9.18 Å². The number of anilines is 3. The summed E-state index contributed by atoms with van der Waals surface area (Å²) in [5.41, 5.74) is 3.25. The summed E-state index contributed by atoms with van der Waals surface area (Å²) in [5.74, 6) is -1.02. The zero-order chi connectivity index (χ0) is 18.6. The van der Waals surface area contributed by atoms with Crippen molar-refractivity contribution in [3.63, 3.8) is 0 Å². The third-order valence-electron chi connectivity index (χ3n) is 4.17. The SMILES string of the molecule is O=C(Nc1ccc(Nc2cccc3cccnc23)cc1)c1ccccc1F. The monoisotopic (exact) mass is 357 g/mol. The van der Waals surface area contributed by atoms with Crippen molar-refractivity contribution in [1.82, 2.24) is 4.98 Å². The van der Waals surface area contributed by atoms with Gasteiger partial charge in [-0.2, -0.15) is 0 Å². The lowest BCUT2D eigenvalue weighted by atomic mass is 10.1. The Labute approximate surface area is 155 Å². The number of amides is 1. The molecule has 1 aromatic heterocycles. The smallest absolute Gasteiger partial charge is 0.258 e. The van der Waals surface area contributed by atoms with Gasteiger partial charge >= 0.3 is 0 Å². The van der Waals surface area contributed by atoms with E-state index < -0.39 is 11.7 Å². The van der Waals surface area contributed by atoms with E-state index in [-0.39, 0.29) is 5.56 Å². The van der Waals surface area contributed by atoms with Crippen molar-refractivity contribution in [2.75, 3.05) is 10.6 Å². The first-order valence-electron chi connectivity index (χ1n) is 8.47. The molecule has 5 heteroatoms. The highest BCUT2D eigenvalue weighted by Gasteiger charge is 2.11. The lowest BCUT2D eigenvalue weighted by Gasteiger charge is -2.10. The van der Waals surface area contributed by atoms with Crippen LogP contribution in [-0.2, 0) is 0 Å². The van der Waals surface area contributed by atoms with Crippen molar-refractivity contribution < 1.29 is 9.18 Å². The molecule has 132 valence electrons. The van der Waals surface area contributed by atoms with E-state index in [1.807, 2.05) is 42.5 Å². The standard InChI is InChI=1S/C22H16FN3O/c23-19-8-2-1-7-18(19)22(27)26-17-12-10-16(11-13-17)25-20-9-3-5-15-6-4-14-24-21(15)20/h1-14,25H,(H,26,27). The summed E-state index contributed by atoms with van der Waals surface area (Å²) in [6.07, 6.45) is 1.76. The van der Waals surface area contributed by atoms with Crippen molar-refractivity contribution in [1.29, 1.82) is 0 Å². The average molecular weight is 357 g/mol. The molecule has 4 aromatic rings. The van der Waals surface area contributed by atoms with Crippen molar-refractivity contribution in [2.45, 2.75) is 0 Å². The highest BCUT2D eigenvalue weighted by molar-refractivity contribution is 6.04. The Balaban J connectivity index is 1.51. The predicted octanol–water partition coefficient (Wildman–Crippen LogP) is 5.37. The molecule has 0 saturated heterocycles. The van der Waals surface area contributed by atoms with Crippen LogP contribution in [0, 0.1) is 5.82 Å². The Morgan fingerprint density at radius 2 is 1.56 bits per heavy atom. The summed E-state index contributed by atoms with van der Waals surface area (Å²) < 4.78 is 13.7. The number of nitrogens with one attached hydrogen (secondary N) is 2. The van der Waals surface area contributed by atoms with Gasteiger partial charge in [-0.3, -0.25) is 9.78 Å². The summed E-state index contributed by atoms with van der Waals surface area (Å²) in [6.45, 7) is 0. The van der Waals surface area contributed by atoms with Crippen LogP contribution in [0.1, 0.15) is 10.4 Å². The van der Waals surface area contributed by atoms with Crippen molar-refractivity contribution in [3.8, 4) is 0 Å². The molecule has 1 heterocycles. The lowest BCUT2D eigenvalue weighted by molar-refractivity contribution is 0.102. The highest BCUT2D eigenvalue weighted by Crippen LogP contribution is 2.25. The zero-order valence-corrected chi connectivity index (χ0v) is 14.3. The van der Waals surface area contributed by atoms with Gasteiger partial charge in [-0.1, -0.05) is 30.3 Å². The van der Waals surface area contributed by atoms with Crippen LogP contribution in [0.5, 0.6) is 0 Å². The largest absolute Gasteiger partial charge is 0.354 e. The van der Waals surface area contributed by atoms with Crippen molar-refractivity contribution in [3.05, 3.63) is 96.4 Å². The maximum atomic E-state index is 13.7. The Morgan fingerprint density at radius 1 is 0.815 bits per heavy atom. The number of benzene rings is 3. The lowest BCUT2D eigenvalue weighted by Crippen LogP contribution is -2.13. The Morgan fingerprint density at radius 3 is 2.37 bits per heavy atom. The number of fused-ring (bicyclic) bond motifs is 1. The number of carbonyl (C=O) groups is 1.